The van der Waals surface area contributed by atoms with E-state index in [1.165, 1.54) is 5.39 Å². The lowest BCUT2D eigenvalue weighted by molar-refractivity contribution is -0.116. The first-order valence-corrected chi connectivity index (χ1v) is 7.10. The monoisotopic (exact) mass is 275 g/mol. The van der Waals surface area contributed by atoms with Gasteiger partial charge in [0.2, 0.25) is 0 Å². The summed E-state index contributed by atoms with van der Waals surface area (Å²) in [7, 11) is 0. The van der Waals surface area contributed by atoms with Crippen LogP contribution in [-0.4, -0.2) is 12.3 Å². The van der Waals surface area contributed by atoms with E-state index in [4.69, 9.17) is 0 Å². The van der Waals surface area contributed by atoms with Crippen molar-refractivity contribution in [2.45, 2.75) is 6.42 Å². The molecule has 0 radical (unpaired) electrons. The minimum atomic E-state index is 0.190. The van der Waals surface area contributed by atoms with Gasteiger partial charge in [-0.3, -0.25) is 4.79 Å². The fourth-order valence-corrected chi connectivity index (χ4v) is 2.48. The molecule has 0 heterocycles. The van der Waals surface area contributed by atoms with Gasteiger partial charge in [-0.2, -0.15) is 0 Å². The molecule has 0 saturated carbocycles. The van der Waals surface area contributed by atoms with E-state index in [1.807, 2.05) is 54.6 Å². The number of rotatable bonds is 5. The van der Waals surface area contributed by atoms with Crippen molar-refractivity contribution in [2.24, 2.45) is 0 Å². The fraction of sp³-hybridized carbons (Fsp3) is 0.105. The normalized spacial score (nSPS) is 10.5. The van der Waals surface area contributed by atoms with Crippen LogP contribution in [-0.2, 0) is 11.2 Å². The van der Waals surface area contributed by atoms with Crippen molar-refractivity contribution in [3.8, 4) is 0 Å². The predicted molar refractivity (Wildman–Crippen MR) is 87.6 cm³/mol. The van der Waals surface area contributed by atoms with Crippen molar-refractivity contribution in [3.63, 3.8) is 0 Å². The zero-order chi connectivity index (χ0) is 14.5. The fourth-order valence-electron chi connectivity index (χ4n) is 2.48. The third-order valence-electron chi connectivity index (χ3n) is 3.53. The van der Waals surface area contributed by atoms with Crippen LogP contribution in [0.1, 0.15) is 5.56 Å². The Morgan fingerprint density at radius 2 is 1.52 bits per heavy atom. The average molecular weight is 275 g/mol. The highest BCUT2D eigenvalue weighted by Crippen LogP contribution is 2.19. The van der Waals surface area contributed by atoms with E-state index in [0.29, 0.717) is 13.0 Å². The highest BCUT2D eigenvalue weighted by atomic mass is 16.1. The summed E-state index contributed by atoms with van der Waals surface area (Å²) in [4.78, 5) is 12.2. The van der Waals surface area contributed by atoms with E-state index >= 15 is 0 Å². The number of carbonyl (C=O) groups is 1. The molecule has 0 saturated heterocycles. The molecule has 3 aromatic carbocycles. The Hall–Kier alpha value is -2.61. The number of benzene rings is 3. The third-order valence-corrected chi connectivity index (χ3v) is 3.53. The zero-order valence-electron chi connectivity index (χ0n) is 11.8. The van der Waals surface area contributed by atoms with Crippen LogP contribution in [0.15, 0.2) is 72.8 Å². The average Bonchev–Trinajstić information content (AvgIpc) is 2.54. The van der Waals surface area contributed by atoms with Gasteiger partial charge in [0, 0.05) is 12.1 Å². The molecule has 0 atom stereocenters. The lowest BCUT2D eigenvalue weighted by Gasteiger charge is -2.08. The summed E-state index contributed by atoms with van der Waals surface area (Å²) in [6.07, 6.45) is 0.460. The van der Waals surface area contributed by atoms with Crippen LogP contribution in [0.3, 0.4) is 0 Å². The summed E-state index contributed by atoms with van der Waals surface area (Å²) < 4.78 is 0. The van der Waals surface area contributed by atoms with Gasteiger partial charge in [0.15, 0.2) is 5.78 Å². The smallest absolute Gasteiger partial charge is 0.156 e. The van der Waals surface area contributed by atoms with Crippen LogP contribution in [0, 0.1) is 0 Å². The highest BCUT2D eigenvalue weighted by Gasteiger charge is 2.06. The van der Waals surface area contributed by atoms with Gasteiger partial charge in [-0.05, 0) is 28.5 Å². The molecule has 0 aliphatic rings. The summed E-state index contributed by atoms with van der Waals surface area (Å²) in [6.45, 7) is 0.354. The van der Waals surface area contributed by atoms with E-state index in [9.17, 15) is 4.79 Å². The molecule has 0 bridgehead atoms. The first-order chi connectivity index (χ1) is 10.3. The molecular weight excluding hydrogens is 258 g/mol. The number of anilines is 1. The van der Waals surface area contributed by atoms with Crippen LogP contribution in [0.2, 0.25) is 0 Å². The van der Waals surface area contributed by atoms with Crippen LogP contribution in [0.5, 0.6) is 0 Å². The van der Waals surface area contributed by atoms with E-state index in [2.05, 4.69) is 23.5 Å². The van der Waals surface area contributed by atoms with Crippen molar-refractivity contribution in [2.75, 3.05) is 11.9 Å². The number of nitrogens with one attached hydrogen (secondary N) is 1. The number of fused-ring (bicyclic) bond motifs is 1. The summed E-state index contributed by atoms with van der Waals surface area (Å²) >= 11 is 0. The van der Waals surface area contributed by atoms with Crippen LogP contribution in [0.4, 0.5) is 5.69 Å². The quantitative estimate of drug-likeness (QED) is 0.760. The molecule has 0 aliphatic carbocycles. The first kappa shape index (κ1) is 13.4. The first-order valence-electron chi connectivity index (χ1n) is 7.10. The molecule has 0 unspecified atom stereocenters. The van der Waals surface area contributed by atoms with Crippen molar-refractivity contribution < 1.29 is 4.79 Å². The number of para-hydroxylation sites is 1. The molecule has 0 aromatic heterocycles. The molecule has 0 spiro atoms. The number of Topliss-reactive ketones (excluding diaryl/α,β-unsaturated/α-hetero) is 1. The second-order valence-electron chi connectivity index (χ2n) is 5.07. The Labute approximate surface area is 124 Å². The molecule has 0 amide bonds. The standard InChI is InChI=1S/C19H17NO/c21-18(14-20-17-10-2-1-3-11-17)13-16-9-6-8-15-7-4-5-12-19(15)16/h1-12,20H,13-14H2. The maximum Gasteiger partial charge on any atom is 0.156 e. The maximum absolute atomic E-state index is 12.2. The lowest BCUT2D eigenvalue weighted by atomic mass is 10.0. The minimum absolute atomic E-state index is 0.190. The Balaban J connectivity index is 1.69. The Morgan fingerprint density at radius 3 is 2.38 bits per heavy atom. The van der Waals surface area contributed by atoms with Gasteiger partial charge >= 0.3 is 0 Å². The molecular formula is C19H17NO. The zero-order valence-corrected chi connectivity index (χ0v) is 11.8. The van der Waals surface area contributed by atoms with E-state index < -0.39 is 0 Å². The molecule has 2 heteroatoms. The van der Waals surface area contributed by atoms with Crippen molar-refractivity contribution in [1.29, 1.82) is 0 Å². The van der Waals surface area contributed by atoms with Gasteiger partial charge in [-0.1, -0.05) is 60.7 Å². The SMILES string of the molecule is O=C(CNc1ccccc1)Cc1cccc2ccccc12. The van der Waals surface area contributed by atoms with Crippen LogP contribution in [0.25, 0.3) is 10.8 Å². The number of hydrogen-bond acceptors (Lipinski definition) is 2. The number of ketones is 1. The van der Waals surface area contributed by atoms with Crippen LogP contribution >= 0.6 is 0 Å². The molecule has 3 rings (SSSR count). The van der Waals surface area contributed by atoms with E-state index in [1.54, 1.807) is 0 Å². The molecule has 2 nitrogen and oxygen atoms in total. The summed E-state index contributed by atoms with van der Waals surface area (Å²) in [5, 5.41) is 5.50. The Bertz CT molecular complexity index is 744. The van der Waals surface area contributed by atoms with Gasteiger partial charge in [-0.15, -0.1) is 0 Å². The van der Waals surface area contributed by atoms with Gasteiger partial charge in [0.1, 0.15) is 0 Å². The predicted octanol–water partition coefficient (Wildman–Crippen LogP) is 4.06. The maximum atomic E-state index is 12.2. The number of hydrogen-bond donors (Lipinski definition) is 1. The van der Waals surface area contributed by atoms with E-state index in [0.717, 1.165) is 16.6 Å². The molecule has 0 aliphatic heterocycles. The Kier molecular flexibility index (Phi) is 3.97. The molecule has 1 N–H and O–H groups in total. The summed E-state index contributed by atoms with van der Waals surface area (Å²) in [5.74, 6) is 0.190. The lowest BCUT2D eigenvalue weighted by Crippen LogP contribution is -2.16. The van der Waals surface area contributed by atoms with Gasteiger partial charge in [-0.25, -0.2) is 0 Å². The summed E-state index contributed by atoms with van der Waals surface area (Å²) in [6, 6.07) is 24.1. The summed E-state index contributed by atoms with van der Waals surface area (Å²) in [5.41, 5.74) is 2.07. The second-order valence-corrected chi connectivity index (χ2v) is 5.07. The van der Waals surface area contributed by atoms with Gasteiger partial charge < -0.3 is 5.32 Å². The van der Waals surface area contributed by atoms with E-state index in [-0.39, 0.29) is 5.78 Å². The minimum Gasteiger partial charge on any atom is -0.378 e. The third kappa shape index (κ3) is 3.29. The second kappa shape index (κ2) is 6.23. The van der Waals surface area contributed by atoms with Crippen molar-refractivity contribution in [3.05, 3.63) is 78.4 Å². The number of carbonyl (C=O) groups excluding carboxylic acids is 1. The molecule has 104 valence electrons. The van der Waals surface area contributed by atoms with Crippen molar-refractivity contribution in [1.82, 2.24) is 0 Å². The molecule has 0 fully saturated rings. The van der Waals surface area contributed by atoms with Gasteiger partial charge in [0.05, 0.1) is 6.54 Å². The largest absolute Gasteiger partial charge is 0.378 e. The topological polar surface area (TPSA) is 29.1 Å². The van der Waals surface area contributed by atoms with Crippen molar-refractivity contribution >= 4 is 22.2 Å². The van der Waals surface area contributed by atoms with Gasteiger partial charge in [0.25, 0.3) is 0 Å². The Morgan fingerprint density at radius 1 is 0.810 bits per heavy atom. The van der Waals surface area contributed by atoms with Crippen LogP contribution < -0.4 is 5.32 Å². The molecule has 21 heavy (non-hydrogen) atoms. The highest BCUT2D eigenvalue weighted by molar-refractivity contribution is 5.92. The molecule has 3 aromatic rings.